The lowest BCUT2D eigenvalue weighted by atomic mass is 9.89. The Bertz CT molecular complexity index is 1680. The summed E-state index contributed by atoms with van der Waals surface area (Å²) in [6.45, 7) is 2.13. The molecule has 7 rings (SSSR count). The predicted octanol–water partition coefficient (Wildman–Crippen LogP) is 2.69. The number of hydrogen-bond donors (Lipinski definition) is 0. The number of benzene rings is 3. The van der Waals surface area contributed by atoms with Crippen molar-refractivity contribution < 1.29 is 47.5 Å². The average Bonchev–Trinajstić information content (AvgIpc) is 3.57. The van der Waals surface area contributed by atoms with Crippen LogP contribution < -0.4 is 47.5 Å². The highest BCUT2D eigenvalue weighted by Gasteiger charge is 2.32. The quantitative estimate of drug-likeness (QED) is 0.217. The number of para-hydroxylation sites is 1. The van der Waals surface area contributed by atoms with Crippen molar-refractivity contribution in [2.45, 2.75) is 32.4 Å². The first-order valence-corrected chi connectivity index (χ1v) is 12.8. The van der Waals surface area contributed by atoms with E-state index in [1.165, 1.54) is 38.7 Å². The highest BCUT2D eigenvalue weighted by molar-refractivity contribution is 5.95. The van der Waals surface area contributed by atoms with Crippen LogP contribution in [0.4, 0.5) is 0 Å². The van der Waals surface area contributed by atoms with Gasteiger partial charge in [-0.2, -0.15) is 4.57 Å². The van der Waals surface area contributed by atoms with Crippen molar-refractivity contribution in [2.24, 2.45) is 0 Å². The Morgan fingerprint density at radius 2 is 1.79 bits per heavy atom. The van der Waals surface area contributed by atoms with E-state index in [4.69, 9.17) is 18.9 Å². The Morgan fingerprint density at radius 3 is 2.63 bits per heavy atom. The van der Waals surface area contributed by atoms with E-state index >= 15 is 0 Å². The number of aryl methyl sites for hydroxylation is 4. The van der Waals surface area contributed by atoms with Crippen LogP contribution in [0.3, 0.4) is 0 Å². The number of halogens is 1. The lowest BCUT2D eigenvalue weighted by Gasteiger charge is -2.21. The number of fused-ring (bicyclic) bond motifs is 6. The normalized spacial score (nSPS) is 13.2. The molecule has 0 bridgehead atoms. The smallest absolute Gasteiger partial charge is 0.231 e. The Kier molecular flexibility index (Phi) is 6.55. The number of methoxy groups -OCH3 is 2. The zero-order valence-corrected chi connectivity index (χ0v) is 23.7. The molecule has 194 valence electrons. The number of rotatable bonds is 6. The van der Waals surface area contributed by atoms with Crippen molar-refractivity contribution in [3.05, 3.63) is 78.1 Å². The summed E-state index contributed by atoms with van der Waals surface area (Å²) in [5.74, 6) is 3.20. The van der Waals surface area contributed by atoms with Crippen LogP contribution in [-0.2, 0) is 25.9 Å². The standard InChI is InChI=1S/C31H29N2O4.HI/c1-34-27-10-9-22-23(7-5-13-32-14-11-20-6-3-4-8-26(20)32)30-24-17-29-28(36-19-37-29)16-21(24)12-15-33(30)18-25(22)31(27)35-2;/h3-4,6,8-11,14,16-18H,5,7,12-13,15,19H2,1-2H3;1H/q+1;/p-1. The average molecular weight is 620 g/mol. The molecular formula is C31H29IN2O4. The fourth-order valence-corrected chi connectivity index (χ4v) is 6.02. The molecule has 0 atom stereocenters. The van der Waals surface area contributed by atoms with Gasteiger partial charge in [0, 0.05) is 35.6 Å². The van der Waals surface area contributed by atoms with E-state index in [9.17, 15) is 0 Å². The maximum atomic E-state index is 5.86. The van der Waals surface area contributed by atoms with Gasteiger partial charge in [0.2, 0.25) is 12.5 Å². The first kappa shape index (κ1) is 24.9. The molecule has 2 aliphatic rings. The van der Waals surface area contributed by atoms with Crippen LogP contribution in [0.15, 0.2) is 67.0 Å². The first-order chi connectivity index (χ1) is 18.2. The van der Waals surface area contributed by atoms with E-state index < -0.39 is 0 Å². The molecule has 2 aliphatic heterocycles. The third-order valence-corrected chi connectivity index (χ3v) is 7.75. The Hall–Kier alpha value is -3.46. The number of nitrogens with zero attached hydrogens (tertiary/aromatic N) is 2. The van der Waals surface area contributed by atoms with E-state index in [2.05, 4.69) is 70.1 Å². The minimum absolute atomic E-state index is 0. The maximum Gasteiger partial charge on any atom is 0.231 e. The Morgan fingerprint density at radius 1 is 0.947 bits per heavy atom. The van der Waals surface area contributed by atoms with E-state index in [-0.39, 0.29) is 30.8 Å². The lowest BCUT2D eigenvalue weighted by Crippen LogP contribution is -3.00. The van der Waals surface area contributed by atoms with Gasteiger partial charge in [-0.3, -0.25) is 0 Å². The Balaban J connectivity index is 0.00000264. The van der Waals surface area contributed by atoms with Gasteiger partial charge in [-0.05, 0) is 60.2 Å². The number of aromatic nitrogens is 2. The monoisotopic (exact) mass is 620 g/mol. The van der Waals surface area contributed by atoms with Gasteiger partial charge < -0.3 is 47.5 Å². The highest BCUT2D eigenvalue weighted by Crippen LogP contribution is 2.43. The minimum Gasteiger partial charge on any atom is -1.00 e. The molecule has 3 aromatic carbocycles. The third-order valence-electron chi connectivity index (χ3n) is 7.75. The molecule has 0 saturated heterocycles. The van der Waals surface area contributed by atoms with Gasteiger partial charge in [-0.15, -0.1) is 0 Å². The number of hydrogen-bond acceptors (Lipinski definition) is 4. The molecule has 7 heteroatoms. The summed E-state index contributed by atoms with van der Waals surface area (Å²) in [5, 5.41) is 3.56. The SMILES string of the molecule is COc1ccc2c(CCCn3ccc4ccccc43)c3[n+](cc2c1OC)CCc1cc2c(cc1-3)OCO2.[I-]. The molecule has 6 nitrogen and oxygen atoms in total. The van der Waals surface area contributed by atoms with Crippen LogP contribution in [-0.4, -0.2) is 25.6 Å². The molecule has 0 N–H and O–H groups in total. The molecule has 0 aliphatic carbocycles. The highest BCUT2D eigenvalue weighted by atomic mass is 127. The summed E-state index contributed by atoms with van der Waals surface area (Å²) in [7, 11) is 3.41. The fraction of sp³-hybridized carbons (Fsp3) is 0.258. The molecular weight excluding hydrogens is 591 g/mol. The van der Waals surface area contributed by atoms with Crippen LogP contribution in [0.2, 0.25) is 0 Å². The van der Waals surface area contributed by atoms with Gasteiger partial charge in [0.15, 0.2) is 35.7 Å². The van der Waals surface area contributed by atoms with Crippen LogP contribution in [0.1, 0.15) is 17.5 Å². The molecule has 0 fully saturated rings. The van der Waals surface area contributed by atoms with Crippen molar-refractivity contribution in [3.8, 4) is 34.3 Å². The number of pyridine rings is 1. The molecule has 38 heavy (non-hydrogen) atoms. The lowest BCUT2D eigenvalue weighted by molar-refractivity contribution is -0.686. The summed E-state index contributed by atoms with van der Waals surface area (Å²) in [6, 6.07) is 19.3. The summed E-state index contributed by atoms with van der Waals surface area (Å²) in [6.07, 6.45) is 7.31. The molecule has 4 heterocycles. The van der Waals surface area contributed by atoms with E-state index in [0.29, 0.717) is 0 Å². The second-order valence-electron chi connectivity index (χ2n) is 9.70. The van der Waals surface area contributed by atoms with Crippen LogP contribution in [0, 0.1) is 0 Å². The second-order valence-corrected chi connectivity index (χ2v) is 9.70. The zero-order chi connectivity index (χ0) is 24.9. The van der Waals surface area contributed by atoms with Gasteiger partial charge in [0.05, 0.1) is 25.2 Å². The third kappa shape index (κ3) is 3.95. The van der Waals surface area contributed by atoms with Gasteiger partial charge in [0.1, 0.15) is 0 Å². The summed E-state index contributed by atoms with van der Waals surface area (Å²) < 4.78 is 27.7. The van der Waals surface area contributed by atoms with Gasteiger partial charge in [0.25, 0.3) is 0 Å². The Labute approximate surface area is 238 Å². The van der Waals surface area contributed by atoms with Crippen LogP contribution >= 0.6 is 0 Å². The number of ether oxygens (including phenoxy) is 4. The molecule has 0 saturated carbocycles. The zero-order valence-electron chi connectivity index (χ0n) is 21.5. The summed E-state index contributed by atoms with van der Waals surface area (Å²) >= 11 is 0. The molecule has 0 unspecified atom stereocenters. The van der Waals surface area contributed by atoms with Crippen molar-refractivity contribution in [1.29, 1.82) is 0 Å². The predicted molar refractivity (Wildman–Crippen MR) is 143 cm³/mol. The van der Waals surface area contributed by atoms with E-state index in [0.717, 1.165) is 60.7 Å². The molecule has 0 spiro atoms. The minimum atomic E-state index is 0. The fourth-order valence-electron chi connectivity index (χ4n) is 6.02. The summed E-state index contributed by atoms with van der Waals surface area (Å²) in [5.41, 5.74) is 6.41. The largest absolute Gasteiger partial charge is 1.00 e. The van der Waals surface area contributed by atoms with E-state index in [1.807, 2.05) is 6.07 Å². The van der Waals surface area contributed by atoms with Crippen molar-refractivity contribution in [1.82, 2.24) is 4.57 Å². The van der Waals surface area contributed by atoms with Crippen molar-refractivity contribution >= 4 is 21.7 Å². The molecule has 2 aromatic heterocycles. The van der Waals surface area contributed by atoms with Crippen molar-refractivity contribution in [3.63, 3.8) is 0 Å². The molecule has 0 radical (unpaired) electrons. The van der Waals surface area contributed by atoms with Gasteiger partial charge in [-0.1, -0.05) is 18.2 Å². The summed E-state index contributed by atoms with van der Waals surface area (Å²) in [4.78, 5) is 0. The van der Waals surface area contributed by atoms with Gasteiger partial charge in [-0.25, -0.2) is 0 Å². The second kappa shape index (κ2) is 10.0. The molecule has 5 aromatic rings. The van der Waals surface area contributed by atoms with E-state index in [1.54, 1.807) is 14.2 Å². The van der Waals surface area contributed by atoms with Gasteiger partial charge >= 0.3 is 0 Å². The topological polar surface area (TPSA) is 45.7 Å². The van der Waals surface area contributed by atoms with Crippen LogP contribution in [0.25, 0.3) is 32.9 Å². The molecule has 0 amide bonds. The first-order valence-electron chi connectivity index (χ1n) is 12.8. The maximum absolute atomic E-state index is 5.86. The van der Waals surface area contributed by atoms with Crippen LogP contribution in [0.5, 0.6) is 23.0 Å². The van der Waals surface area contributed by atoms with Crippen molar-refractivity contribution in [2.75, 3.05) is 21.0 Å².